The van der Waals surface area contributed by atoms with E-state index in [-0.39, 0.29) is 17.4 Å². The third-order valence-corrected chi connectivity index (χ3v) is 7.71. The van der Waals surface area contributed by atoms with Crippen molar-refractivity contribution in [2.75, 3.05) is 48.9 Å². The van der Waals surface area contributed by atoms with Gasteiger partial charge in [-0.05, 0) is 56.2 Å². The molecular formula is C24H31F2N5O3S. The Morgan fingerprint density at radius 1 is 1.31 bits per heavy atom. The van der Waals surface area contributed by atoms with Gasteiger partial charge in [0.25, 0.3) is 6.43 Å². The van der Waals surface area contributed by atoms with Crippen molar-refractivity contribution in [2.45, 2.75) is 43.4 Å². The van der Waals surface area contributed by atoms with E-state index in [0.717, 1.165) is 48.6 Å². The number of nitrogens with zero attached hydrogens (tertiary/aromatic N) is 3. The summed E-state index contributed by atoms with van der Waals surface area (Å²) < 4.78 is 30.1. The van der Waals surface area contributed by atoms with Gasteiger partial charge in [0, 0.05) is 30.5 Å². The van der Waals surface area contributed by atoms with E-state index >= 15 is 0 Å². The summed E-state index contributed by atoms with van der Waals surface area (Å²) >= 11 is 1.84. The molecule has 3 N–H and O–H groups in total. The minimum atomic E-state index is -2.60. The quantitative estimate of drug-likeness (QED) is 0.420. The summed E-state index contributed by atoms with van der Waals surface area (Å²) in [6.45, 7) is 3.62. The fourth-order valence-electron chi connectivity index (χ4n) is 3.98. The fraction of sp³-hybridized carbons (Fsp3) is 0.542. The molecule has 1 saturated carbocycles. The van der Waals surface area contributed by atoms with Crippen LogP contribution in [0.4, 0.5) is 25.1 Å². The van der Waals surface area contributed by atoms with Gasteiger partial charge >= 0.3 is 6.03 Å². The lowest BCUT2D eigenvalue weighted by Gasteiger charge is -2.34. The highest BCUT2D eigenvalue weighted by molar-refractivity contribution is 8.00. The van der Waals surface area contributed by atoms with E-state index < -0.39 is 19.0 Å². The summed E-state index contributed by atoms with van der Waals surface area (Å²) in [5.41, 5.74) is 2.27. The smallest absolute Gasteiger partial charge is 0.319 e. The summed E-state index contributed by atoms with van der Waals surface area (Å²) in [6.07, 6.45) is 0.215. The van der Waals surface area contributed by atoms with Crippen LogP contribution in [0.25, 0.3) is 11.4 Å². The first-order chi connectivity index (χ1) is 16.9. The zero-order chi connectivity index (χ0) is 24.8. The van der Waals surface area contributed by atoms with Gasteiger partial charge in [-0.15, -0.1) is 11.8 Å². The number of aliphatic hydroxyl groups is 1. The first-order valence-corrected chi connectivity index (χ1v) is 12.8. The van der Waals surface area contributed by atoms with Crippen LogP contribution in [-0.4, -0.2) is 72.2 Å². The Morgan fingerprint density at radius 2 is 2.09 bits per heavy atom. The topological polar surface area (TPSA) is 99.6 Å². The fourth-order valence-corrected chi connectivity index (χ4v) is 5.29. The summed E-state index contributed by atoms with van der Waals surface area (Å²) in [5, 5.41) is 13.9. The van der Waals surface area contributed by atoms with Crippen molar-refractivity contribution >= 4 is 29.3 Å². The van der Waals surface area contributed by atoms with Crippen molar-refractivity contribution in [2.24, 2.45) is 0 Å². The van der Waals surface area contributed by atoms with Crippen molar-refractivity contribution in [3.8, 4) is 11.4 Å². The molecule has 4 rings (SSSR count). The molecule has 2 aromatic rings. The maximum atomic E-state index is 12.3. The average Bonchev–Trinajstić information content (AvgIpc) is 3.64. The Labute approximate surface area is 207 Å². The summed E-state index contributed by atoms with van der Waals surface area (Å²) in [6, 6.07) is 8.62. The largest absolute Gasteiger partial charge is 0.396 e. The van der Waals surface area contributed by atoms with E-state index in [2.05, 4.69) is 28.5 Å². The Kier molecular flexibility index (Phi) is 8.40. The molecule has 2 amide bonds. The van der Waals surface area contributed by atoms with Crippen LogP contribution in [0.5, 0.6) is 0 Å². The number of thioether (sulfide) groups is 1. The lowest BCUT2D eigenvalue weighted by atomic mass is 10.1. The third kappa shape index (κ3) is 6.59. The Bertz CT molecular complexity index is 1010. The van der Waals surface area contributed by atoms with Gasteiger partial charge in [-0.1, -0.05) is 0 Å². The number of carbonyl (C=O) groups is 1. The van der Waals surface area contributed by atoms with Crippen LogP contribution >= 0.6 is 11.8 Å². The van der Waals surface area contributed by atoms with Crippen LogP contribution in [0.2, 0.25) is 0 Å². The van der Waals surface area contributed by atoms with Crippen molar-refractivity contribution in [3.05, 3.63) is 36.0 Å². The summed E-state index contributed by atoms with van der Waals surface area (Å²) in [5.74, 6) is 2.33. The lowest BCUT2D eigenvalue weighted by Crippen LogP contribution is -2.44. The Hall–Kier alpha value is -2.50. The number of nitrogens with one attached hydrogen (secondary N) is 2. The molecule has 2 fully saturated rings. The number of alkyl halides is 2. The van der Waals surface area contributed by atoms with Crippen molar-refractivity contribution in [1.82, 2.24) is 15.3 Å². The maximum Gasteiger partial charge on any atom is 0.319 e. The molecule has 0 radical (unpaired) electrons. The van der Waals surface area contributed by atoms with Gasteiger partial charge in [-0.3, -0.25) is 0 Å². The number of anilines is 2. The number of hydrogen-bond donors (Lipinski definition) is 3. The molecule has 11 heteroatoms. The predicted octanol–water partition coefficient (Wildman–Crippen LogP) is 3.86. The van der Waals surface area contributed by atoms with E-state index in [4.69, 9.17) is 14.7 Å². The number of aromatic nitrogens is 2. The minimum Gasteiger partial charge on any atom is -0.396 e. The summed E-state index contributed by atoms with van der Waals surface area (Å²) in [7, 11) is 0. The SMILES string of the molecule is C[C@H]1COCCN1c1cc(C2(SCCCO)CC2)nc(-c2ccc(NC(=O)NCC(F)F)cc2)n1. The van der Waals surface area contributed by atoms with Gasteiger partial charge < -0.3 is 25.4 Å². The zero-order valence-electron chi connectivity index (χ0n) is 19.7. The maximum absolute atomic E-state index is 12.3. The number of aliphatic hydroxyl groups excluding tert-OH is 1. The second kappa shape index (κ2) is 11.5. The number of rotatable bonds is 10. The zero-order valence-corrected chi connectivity index (χ0v) is 20.5. The summed E-state index contributed by atoms with van der Waals surface area (Å²) in [4.78, 5) is 23.8. The second-order valence-corrected chi connectivity index (χ2v) is 10.3. The molecule has 0 spiro atoms. The predicted molar refractivity (Wildman–Crippen MR) is 133 cm³/mol. The van der Waals surface area contributed by atoms with E-state index in [9.17, 15) is 18.7 Å². The Morgan fingerprint density at radius 3 is 2.74 bits per heavy atom. The molecule has 8 nitrogen and oxygen atoms in total. The first-order valence-electron chi connectivity index (χ1n) is 11.8. The van der Waals surface area contributed by atoms with Crippen molar-refractivity contribution in [1.29, 1.82) is 0 Å². The highest BCUT2D eigenvalue weighted by atomic mass is 32.2. The molecule has 0 bridgehead atoms. The number of ether oxygens (including phenoxy) is 1. The highest BCUT2D eigenvalue weighted by Gasteiger charge is 2.46. The van der Waals surface area contributed by atoms with Gasteiger partial charge in [0.1, 0.15) is 5.82 Å². The van der Waals surface area contributed by atoms with Crippen LogP contribution in [0.1, 0.15) is 31.9 Å². The number of hydrogen-bond acceptors (Lipinski definition) is 7. The van der Waals surface area contributed by atoms with Crippen LogP contribution in [-0.2, 0) is 9.48 Å². The molecule has 1 atom stereocenters. The molecule has 1 aliphatic carbocycles. The number of halogens is 2. The van der Waals surface area contributed by atoms with Crippen LogP contribution in [0, 0.1) is 0 Å². The van der Waals surface area contributed by atoms with Crippen molar-refractivity contribution in [3.63, 3.8) is 0 Å². The molecule has 35 heavy (non-hydrogen) atoms. The molecule has 2 aliphatic rings. The molecule has 0 unspecified atom stereocenters. The molecule has 1 saturated heterocycles. The molecule has 1 aromatic carbocycles. The molecule has 1 aromatic heterocycles. The second-order valence-electron chi connectivity index (χ2n) is 8.78. The molecule has 1 aliphatic heterocycles. The standard InChI is InChI=1S/C24H31F2N5O3S/c1-16-15-34-11-9-31(16)21-13-19(24(7-8-24)35-12-2-10-32)29-22(30-21)17-3-5-18(6-4-17)28-23(33)27-14-20(25)26/h3-6,13,16,20,32H,2,7-12,14-15H2,1H3,(H2,27,28,33)/t16-/m0/s1. The monoisotopic (exact) mass is 507 g/mol. The van der Waals surface area contributed by atoms with Gasteiger partial charge in [0.05, 0.1) is 36.2 Å². The molecule has 2 heterocycles. The van der Waals surface area contributed by atoms with Crippen molar-refractivity contribution < 1.29 is 23.4 Å². The normalized spacial score (nSPS) is 19.0. The number of carbonyl (C=O) groups excluding carboxylic acids is 1. The van der Waals surface area contributed by atoms with E-state index in [0.29, 0.717) is 24.7 Å². The van der Waals surface area contributed by atoms with E-state index in [1.807, 2.05) is 23.9 Å². The van der Waals surface area contributed by atoms with E-state index in [1.54, 1.807) is 12.1 Å². The third-order valence-electron chi connectivity index (χ3n) is 6.04. The van der Waals surface area contributed by atoms with Crippen LogP contribution < -0.4 is 15.5 Å². The number of amides is 2. The van der Waals surface area contributed by atoms with E-state index in [1.165, 1.54) is 0 Å². The van der Waals surface area contributed by atoms with Crippen LogP contribution in [0.3, 0.4) is 0 Å². The van der Waals surface area contributed by atoms with Gasteiger partial charge in [-0.2, -0.15) is 0 Å². The number of benzene rings is 1. The highest BCUT2D eigenvalue weighted by Crippen LogP contribution is 2.57. The van der Waals surface area contributed by atoms with Gasteiger partial charge in [0.2, 0.25) is 0 Å². The van der Waals surface area contributed by atoms with Crippen LogP contribution in [0.15, 0.2) is 30.3 Å². The van der Waals surface area contributed by atoms with Gasteiger partial charge in [-0.25, -0.2) is 23.5 Å². The minimum absolute atomic E-state index is 0.0541. The molecule has 190 valence electrons. The van der Waals surface area contributed by atoms with Gasteiger partial charge in [0.15, 0.2) is 5.82 Å². The Balaban J connectivity index is 1.58. The number of morpholine rings is 1. The first kappa shape index (κ1) is 25.6. The average molecular weight is 508 g/mol. The number of urea groups is 1. The lowest BCUT2D eigenvalue weighted by molar-refractivity contribution is 0.0985. The molecular weight excluding hydrogens is 476 g/mol.